The highest BCUT2D eigenvalue weighted by atomic mass is 127. The molecule has 0 saturated carbocycles. The number of carboxylic acids is 1. The summed E-state index contributed by atoms with van der Waals surface area (Å²) in [6, 6.07) is 15.5. The third-order valence-corrected chi connectivity index (χ3v) is 7.49. The Morgan fingerprint density at radius 2 is 1.65 bits per heavy atom. The van der Waals surface area contributed by atoms with E-state index in [0.717, 1.165) is 3.57 Å². The van der Waals surface area contributed by atoms with Gasteiger partial charge in [-0.3, -0.25) is 9.59 Å². The van der Waals surface area contributed by atoms with Crippen molar-refractivity contribution < 1.29 is 27.5 Å². The van der Waals surface area contributed by atoms with Gasteiger partial charge in [0.2, 0.25) is 10.0 Å². The number of carboxylic acid groups (broad SMARTS) is 1. The van der Waals surface area contributed by atoms with Crippen molar-refractivity contribution in [1.82, 2.24) is 4.72 Å². The second-order valence-electron chi connectivity index (χ2n) is 8.11. The van der Waals surface area contributed by atoms with Crippen molar-refractivity contribution in [3.63, 3.8) is 0 Å². The number of carbonyl (C=O) groups is 2. The lowest BCUT2D eigenvalue weighted by Crippen LogP contribution is -2.44. The summed E-state index contributed by atoms with van der Waals surface area (Å²) in [5.74, 6) is -1.93. The molecule has 0 fully saturated rings. The molecule has 0 aliphatic carbocycles. The lowest BCUT2D eigenvalue weighted by molar-refractivity contribution is -0.140. The number of benzene rings is 3. The predicted octanol–water partition coefficient (Wildman–Crippen LogP) is 4.83. The summed E-state index contributed by atoms with van der Waals surface area (Å²) in [4.78, 5) is 23.9. The molecule has 1 amide bonds. The molecule has 0 spiro atoms. The maximum atomic E-state index is 12.8. The van der Waals surface area contributed by atoms with Crippen LogP contribution in [0.5, 0.6) is 0 Å². The van der Waals surface area contributed by atoms with E-state index in [1.54, 1.807) is 50.2 Å². The maximum absolute atomic E-state index is 12.8. The molecule has 34 heavy (non-hydrogen) atoms. The monoisotopic (exact) mass is 592 g/mol. The van der Waals surface area contributed by atoms with Crippen LogP contribution in [0.4, 0.5) is 5.69 Å². The molecule has 8 nitrogen and oxygen atoms in total. The van der Waals surface area contributed by atoms with Gasteiger partial charge < -0.3 is 14.8 Å². The van der Waals surface area contributed by atoms with Crippen molar-refractivity contribution in [2.24, 2.45) is 5.92 Å². The standard InChI is InChI=1S/C24H21IN2O6S/c1-13(2)22(24(29)30)27-34(31,32)17-8-9-18-19-11-16(7-10-20(19)33-21(18)12-17)26-23(28)14-3-5-15(25)6-4-14/h3-13,22,27H,1-2H3,(H,26,28)(H,29,30)/t22-/m0/s1. The normalized spacial score (nSPS) is 12.8. The Morgan fingerprint density at radius 1 is 0.941 bits per heavy atom. The number of carbonyl (C=O) groups excluding carboxylic acids is 1. The molecule has 1 heterocycles. The zero-order valence-electron chi connectivity index (χ0n) is 18.2. The van der Waals surface area contributed by atoms with E-state index < -0.39 is 28.0 Å². The van der Waals surface area contributed by atoms with Gasteiger partial charge in [0.25, 0.3) is 5.91 Å². The summed E-state index contributed by atoms with van der Waals surface area (Å²) in [6.45, 7) is 3.25. The first-order valence-corrected chi connectivity index (χ1v) is 12.9. The van der Waals surface area contributed by atoms with Crippen molar-refractivity contribution in [3.05, 3.63) is 69.8 Å². The van der Waals surface area contributed by atoms with Gasteiger partial charge in [-0.2, -0.15) is 4.72 Å². The lowest BCUT2D eigenvalue weighted by Gasteiger charge is -2.17. The summed E-state index contributed by atoms with van der Waals surface area (Å²) < 4.78 is 34.6. The van der Waals surface area contributed by atoms with E-state index in [0.29, 0.717) is 33.2 Å². The average Bonchev–Trinajstić information content (AvgIpc) is 3.15. The SMILES string of the molecule is CC(C)[C@H](NS(=O)(=O)c1ccc2c(c1)oc1ccc(NC(=O)c3ccc(I)cc3)cc12)C(=O)O. The fourth-order valence-corrected chi connectivity index (χ4v) is 5.23. The van der Waals surface area contributed by atoms with Crippen LogP contribution < -0.4 is 10.0 Å². The second-order valence-corrected chi connectivity index (χ2v) is 11.1. The van der Waals surface area contributed by atoms with Crippen molar-refractivity contribution in [2.45, 2.75) is 24.8 Å². The van der Waals surface area contributed by atoms with Gasteiger partial charge in [0, 0.05) is 31.7 Å². The zero-order valence-corrected chi connectivity index (χ0v) is 21.2. The van der Waals surface area contributed by atoms with E-state index >= 15 is 0 Å². The molecular weight excluding hydrogens is 571 g/mol. The molecule has 0 radical (unpaired) electrons. The molecule has 3 N–H and O–H groups in total. The third kappa shape index (κ3) is 4.93. The first-order valence-electron chi connectivity index (χ1n) is 10.3. The molecule has 176 valence electrons. The van der Waals surface area contributed by atoms with Gasteiger partial charge in [-0.1, -0.05) is 13.8 Å². The van der Waals surface area contributed by atoms with Gasteiger partial charge >= 0.3 is 5.97 Å². The molecule has 4 rings (SSSR count). The molecule has 4 aromatic rings. The van der Waals surface area contributed by atoms with Gasteiger partial charge in [0.1, 0.15) is 17.2 Å². The smallest absolute Gasteiger partial charge is 0.322 e. The van der Waals surface area contributed by atoms with Crippen LogP contribution in [0.25, 0.3) is 21.9 Å². The molecule has 1 atom stereocenters. The number of nitrogens with one attached hydrogen (secondary N) is 2. The molecule has 0 saturated heterocycles. The number of anilines is 1. The fourth-order valence-electron chi connectivity index (χ4n) is 3.51. The highest BCUT2D eigenvalue weighted by Crippen LogP contribution is 2.32. The van der Waals surface area contributed by atoms with Crippen molar-refractivity contribution in [3.8, 4) is 0 Å². The molecule has 10 heteroatoms. The van der Waals surface area contributed by atoms with Crippen molar-refractivity contribution in [2.75, 3.05) is 5.32 Å². The minimum atomic E-state index is -4.08. The summed E-state index contributed by atoms with van der Waals surface area (Å²) in [6.07, 6.45) is 0. The molecular formula is C24H21IN2O6S. The summed E-state index contributed by atoms with van der Waals surface area (Å²) >= 11 is 2.17. The van der Waals surface area contributed by atoms with Crippen LogP contribution in [-0.2, 0) is 14.8 Å². The predicted molar refractivity (Wildman–Crippen MR) is 137 cm³/mol. The van der Waals surface area contributed by atoms with Crippen LogP contribution in [0, 0.1) is 9.49 Å². The van der Waals surface area contributed by atoms with Crippen LogP contribution in [0.15, 0.2) is 70.0 Å². The van der Waals surface area contributed by atoms with Crippen molar-refractivity contribution >= 4 is 72.1 Å². The lowest BCUT2D eigenvalue weighted by atomic mass is 10.1. The van der Waals surface area contributed by atoms with E-state index in [9.17, 15) is 23.1 Å². The molecule has 0 unspecified atom stereocenters. The summed E-state index contributed by atoms with van der Waals surface area (Å²) in [5, 5.41) is 13.5. The molecule has 0 bridgehead atoms. The number of sulfonamides is 1. The van der Waals surface area contributed by atoms with Crippen LogP contribution in [0.2, 0.25) is 0 Å². The highest BCUT2D eigenvalue weighted by Gasteiger charge is 2.28. The number of halogens is 1. The van der Waals surface area contributed by atoms with Gasteiger partial charge in [-0.15, -0.1) is 0 Å². The number of hydrogen-bond acceptors (Lipinski definition) is 5. The first-order chi connectivity index (χ1) is 16.0. The van der Waals surface area contributed by atoms with Crippen molar-refractivity contribution in [1.29, 1.82) is 0 Å². The van der Waals surface area contributed by atoms with Gasteiger partial charge in [0.05, 0.1) is 4.90 Å². The van der Waals surface area contributed by atoms with E-state index in [2.05, 4.69) is 32.6 Å². The third-order valence-electron chi connectivity index (χ3n) is 5.33. The van der Waals surface area contributed by atoms with Crippen LogP contribution in [-0.4, -0.2) is 31.4 Å². The van der Waals surface area contributed by atoms with E-state index in [4.69, 9.17) is 4.42 Å². The Morgan fingerprint density at radius 3 is 2.29 bits per heavy atom. The average molecular weight is 592 g/mol. The number of amides is 1. The number of furan rings is 1. The van der Waals surface area contributed by atoms with Gasteiger partial charge in [-0.05, 0) is 83.1 Å². The molecule has 1 aromatic heterocycles. The number of aliphatic carboxylic acids is 1. The Bertz CT molecular complexity index is 1510. The maximum Gasteiger partial charge on any atom is 0.322 e. The molecule has 0 aliphatic rings. The Balaban J connectivity index is 1.65. The highest BCUT2D eigenvalue weighted by molar-refractivity contribution is 14.1. The molecule has 3 aromatic carbocycles. The van der Waals surface area contributed by atoms with Gasteiger partial charge in [-0.25, -0.2) is 8.42 Å². The molecule has 0 aliphatic heterocycles. The Labute approximate surface area is 209 Å². The van der Waals surface area contributed by atoms with Crippen LogP contribution >= 0.6 is 22.6 Å². The van der Waals surface area contributed by atoms with Crippen LogP contribution in [0.1, 0.15) is 24.2 Å². The minimum Gasteiger partial charge on any atom is -0.480 e. The van der Waals surface area contributed by atoms with Crippen LogP contribution in [0.3, 0.4) is 0 Å². The Hall–Kier alpha value is -2.96. The number of rotatable bonds is 7. The van der Waals surface area contributed by atoms with E-state index in [1.165, 1.54) is 12.1 Å². The summed E-state index contributed by atoms with van der Waals surface area (Å²) in [7, 11) is -4.08. The first kappa shape index (κ1) is 24.2. The number of fused-ring (bicyclic) bond motifs is 3. The largest absolute Gasteiger partial charge is 0.480 e. The van der Waals surface area contributed by atoms with E-state index in [1.807, 2.05) is 12.1 Å². The van der Waals surface area contributed by atoms with Gasteiger partial charge in [0.15, 0.2) is 0 Å². The minimum absolute atomic E-state index is 0.0989. The summed E-state index contributed by atoms with van der Waals surface area (Å²) in [5.41, 5.74) is 1.95. The zero-order chi connectivity index (χ0) is 24.6. The fraction of sp³-hybridized carbons (Fsp3) is 0.167. The van der Waals surface area contributed by atoms with E-state index in [-0.39, 0.29) is 10.8 Å². The Kier molecular flexibility index (Phi) is 6.65. The topological polar surface area (TPSA) is 126 Å². The quantitative estimate of drug-likeness (QED) is 0.264. The number of hydrogen-bond donors (Lipinski definition) is 3. The second kappa shape index (κ2) is 9.35.